The maximum atomic E-state index is 12.9. The molecule has 3 nitrogen and oxygen atoms in total. The monoisotopic (exact) mass is 348 g/mol. The Bertz CT molecular complexity index is 765. The van der Waals surface area contributed by atoms with E-state index >= 15 is 0 Å². The summed E-state index contributed by atoms with van der Waals surface area (Å²) in [5.41, 5.74) is 6.55. The van der Waals surface area contributed by atoms with Gasteiger partial charge in [-0.1, -0.05) is 30.3 Å². The summed E-state index contributed by atoms with van der Waals surface area (Å²) in [6.45, 7) is 0.729. The number of benzene rings is 2. The fourth-order valence-electron chi connectivity index (χ4n) is 2.89. The van der Waals surface area contributed by atoms with Gasteiger partial charge in [0.25, 0.3) is 5.91 Å². The maximum Gasteiger partial charge on any atom is 0.416 e. The van der Waals surface area contributed by atoms with Gasteiger partial charge in [0.2, 0.25) is 0 Å². The third kappa shape index (κ3) is 3.85. The van der Waals surface area contributed by atoms with Crippen LogP contribution in [-0.2, 0) is 18.1 Å². The van der Waals surface area contributed by atoms with Crippen molar-refractivity contribution in [1.29, 1.82) is 0 Å². The standard InChI is InChI=1S/C19H19F3N2O/c20-19(21,22)16-3-1-2-15(10-16)18(8-9-18)12-24-17(25)14-6-4-13(11-23)5-7-14/h1-7,10H,8-9,11-12,23H2,(H,24,25). The summed E-state index contributed by atoms with van der Waals surface area (Å²) >= 11 is 0. The fraction of sp³-hybridized carbons (Fsp3) is 0.316. The minimum atomic E-state index is -4.36. The Morgan fingerprint density at radius 1 is 1.12 bits per heavy atom. The SMILES string of the molecule is NCc1ccc(C(=O)NCC2(c3cccc(C(F)(F)F)c3)CC2)cc1. The van der Waals surface area contributed by atoms with Crippen molar-refractivity contribution in [2.24, 2.45) is 5.73 Å². The second-order valence-corrected chi connectivity index (χ2v) is 6.44. The van der Waals surface area contributed by atoms with Gasteiger partial charge in [-0.25, -0.2) is 0 Å². The minimum absolute atomic E-state index is 0.234. The van der Waals surface area contributed by atoms with E-state index < -0.39 is 17.2 Å². The molecule has 0 spiro atoms. The largest absolute Gasteiger partial charge is 0.416 e. The molecule has 1 saturated carbocycles. The number of amides is 1. The van der Waals surface area contributed by atoms with E-state index in [-0.39, 0.29) is 5.91 Å². The molecule has 2 aromatic rings. The van der Waals surface area contributed by atoms with Gasteiger partial charge in [0.1, 0.15) is 0 Å². The molecular weight excluding hydrogens is 329 g/mol. The molecule has 6 heteroatoms. The summed E-state index contributed by atoms with van der Waals surface area (Å²) in [7, 11) is 0. The third-order valence-corrected chi connectivity index (χ3v) is 4.69. The summed E-state index contributed by atoms with van der Waals surface area (Å²) in [5, 5.41) is 2.84. The Labute approximate surface area is 144 Å². The molecule has 25 heavy (non-hydrogen) atoms. The summed E-state index contributed by atoms with van der Waals surface area (Å²) in [4.78, 5) is 12.3. The average molecular weight is 348 g/mol. The van der Waals surface area contributed by atoms with Crippen LogP contribution in [0.3, 0.4) is 0 Å². The molecule has 0 atom stereocenters. The lowest BCUT2D eigenvalue weighted by Gasteiger charge is -2.18. The van der Waals surface area contributed by atoms with Gasteiger partial charge in [-0.15, -0.1) is 0 Å². The molecule has 0 aromatic heterocycles. The normalized spacial score (nSPS) is 15.7. The van der Waals surface area contributed by atoms with Crippen LogP contribution in [0.4, 0.5) is 13.2 Å². The van der Waals surface area contributed by atoms with Crippen LogP contribution in [0.5, 0.6) is 0 Å². The van der Waals surface area contributed by atoms with Crippen molar-refractivity contribution in [2.45, 2.75) is 31.0 Å². The van der Waals surface area contributed by atoms with Gasteiger partial charge < -0.3 is 11.1 Å². The number of hydrogen-bond donors (Lipinski definition) is 2. The summed E-state index contributed by atoms with van der Waals surface area (Å²) in [6, 6.07) is 12.3. The van der Waals surface area contributed by atoms with E-state index in [4.69, 9.17) is 5.73 Å². The summed E-state index contributed by atoms with van der Waals surface area (Å²) < 4.78 is 38.7. The Balaban J connectivity index is 1.69. The zero-order valence-corrected chi connectivity index (χ0v) is 13.6. The van der Waals surface area contributed by atoms with E-state index in [1.807, 2.05) is 0 Å². The first-order valence-electron chi connectivity index (χ1n) is 8.09. The van der Waals surface area contributed by atoms with Crippen LogP contribution in [0.2, 0.25) is 0 Å². The number of rotatable bonds is 5. The van der Waals surface area contributed by atoms with Gasteiger partial charge in [0, 0.05) is 24.1 Å². The van der Waals surface area contributed by atoms with E-state index in [0.29, 0.717) is 24.2 Å². The second-order valence-electron chi connectivity index (χ2n) is 6.44. The van der Waals surface area contributed by atoms with Gasteiger partial charge in [-0.2, -0.15) is 13.2 Å². The number of hydrogen-bond acceptors (Lipinski definition) is 2. The Hall–Kier alpha value is -2.34. The lowest BCUT2D eigenvalue weighted by molar-refractivity contribution is -0.137. The van der Waals surface area contributed by atoms with Crippen LogP contribution >= 0.6 is 0 Å². The molecule has 0 saturated heterocycles. The molecule has 1 aliphatic rings. The van der Waals surface area contributed by atoms with Crippen LogP contribution < -0.4 is 11.1 Å². The Morgan fingerprint density at radius 2 is 1.80 bits per heavy atom. The number of nitrogens with one attached hydrogen (secondary N) is 1. The van der Waals surface area contributed by atoms with E-state index in [9.17, 15) is 18.0 Å². The number of carbonyl (C=O) groups is 1. The van der Waals surface area contributed by atoms with Crippen LogP contribution in [0.15, 0.2) is 48.5 Å². The average Bonchev–Trinajstić information content (AvgIpc) is 3.40. The molecule has 1 amide bonds. The summed E-state index contributed by atoms with van der Waals surface area (Å²) in [6.07, 6.45) is -2.83. The second kappa shape index (κ2) is 6.52. The van der Waals surface area contributed by atoms with Crippen LogP contribution in [0.25, 0.3) is 0 Å². The van der Waals surface area contributed by atoms with Crippen LogP contribution in [0.1, 0.15) is 39.9 Å². The van der Waals surface area contributed by atoms with E-state index in [0.717, 1.165) is 24.5 Å². The van der Waals surface area contributed by atoms with Crippen LogP contribution in [-0.4, -0.2) is 12.5 Å². The smallest absolute Gasteiger partial charge is 0.351 e. The first-order valence-corrected chi connectivity index (χ1v) is 8.09. The van der Waals surface area contributed by atoms with Crippen LogP contribution in [0, 0.1) is 0 Å². The molecule has 132 valence electrons. The van der Waals surface area contributed by atoms with Gasteiger partial charge in [0.15, 0.2) is 0 Å². The van der Waals surface area contributed by atoms with Crippen molar-refractivity contribution < 1.29 is 18.0 Å². The van der Waals surface area contributed by atoms with Crippen molar-refractivity contribution >= 4 is 5.91 Å². The van der Waals surface area contributed by atoms with Gasteiger partial charge in [0.05, 0.1) is 5.56 Å². The first kappa shape index (κ1) is 17.5. The predicted molar refractivity (Wildman–Crippen MR) is 89.0 cm³/mol. The molecule has 0 bridgehead atoms. The number of alkyl halides is 3. The zero-order chi connectivity index (χ0) is 18.1. The zero-order valence-electron chi connectivity index (χ0n) is 13.6. The molecule has 3 rings (SSSR count). The van der Waals surface area contributed by atoms with E-state index in [1.54, 1.807) is 30.3 Å². The molecule has 2 aromatic carbocycles. The number of carbonyl (C=O) groups excluding carboxylic acids is 1. The highest BCUT2D eigenvalue weighted by Gasteiger charge is 2.45. The maximum absolute atomic E-state index is 12.9. The highest BCUT2D eigenvalue weighted by atomic mass is 19.4. The molecule has 0 aliphatic heterocycles. The van der Waals surface area contributed by atoms with Crippen molar-refractivity contribution in [3.05, 3.63) is 70.8 Å². The topological polar surface area (TPSA) is 55.1 Å². The van der Waals surface area contributed by atoms with Crippen molar-refractivity contribution in [2.75, 3.05) is 6.54 Å². The molecule has 0 unspecified atom stereocenters. The number of halogens is 3. The highest BCUT2D eigenvalue weighted by Crippen LogP contribution is 2.48. The molecule has 1 aliphatic carbocycles. The molecule has 3 N–H and O–H groups in total. The lowest BCUT2D eigenvalue weighted by Crippen LogP contribution is -2.32. The fourth-order valence-corrected chi connectivity index (χ4v) is 2.89. The molecule has 0 heterocycles. The molecular formula is C19H19F3N2O. The van der Waals surface area contributed by atoms with Gasteiger partial charge in [-0.3, -0.25) is 4.79 Å². The predicted octanol–water partition coefficient (Wildman–Crippen LogP) is 3.63. The number of nitrogens with two attached hydrogens (primary N) is 1. The Morgan fingerprint density at radius 3 is 2.36 bits per heavy atom. The summed E-state index contributed by atoms with van der Waals surface area (Å²) in [5.74, 6) is -0.234. The van der Waals surface area contributed by atoms with Crippen molar-refractivity contribution in [3.63, 3.8) is 0 Å². The quantitative estimate of drug-likeness (QED) is 0.867. The van der Waals surface area contributed by atoms with Gasteiger partial charge >= 0.3 is 6.18 Å². The van der Waals surface area contributed by atoms with Crippen molar-refractivity contribution in [1.82, 2.24) is 5.32 Å². The first-order chi connectivity index (χ1) is 11.8. The highest BCUT2D eigenvalue weighted by molar-refractivity contribution is 5.94. The minimum Gasteiger partial charge on any atom is -0.351 e. The van der Waals surface area contributed by atoms with E-state index in [2.05, 4.69) is 5.32 Å². The Kier molecular flexibility index (Phi) is 4.56. The van der Waals surface area contributed by atoms with Gasteiger partial charge in [-0.05, 0) is 42.2 Å². The van der Waals surface area contributed by atoms with E-state index in [1.165, 1.54) is 12.1 Å². The molecule has 1 fully saturated rings. The lowest BCUT2D eigenvalue weighted by atomic mass is 9.94. The third-order valence-electron chi connectivity index (χ3n) is 4.69. The molecule has 0 radical (unpaired) electrons. The van der Waals surface area contributed by atoms with Crippen molar-refractivity contribution in [3.8, 4) is 0 Å².